The number of hydrogen-bond acceptors (Lipinski definition) is 3. The number of nitriles is 1. The van der Waals surface area contributed by atoms with Gasteiger partial charge in [-0.1, -0.05) is 0 Å². The monoisotopic (exact) mass is 261 g/mol. The highest BCUT2D eigenvalue weighted by molar-refractivity contribution is 5.92. The Morgan fingerprint density at radius 3 is 2.74 bits per heavy atom. The van der Waals surface area contributed by atoms with Crippen LogP contribution in [0.1, 0.15) is 11.1 Å². The minimum Gasteiger partial charge on any atom is -0.335 e. The molecule has 98 valence electrons. The molecule has 0 aliphatic carbocycles. The van der Waals surface area contributed by atoms with E-state index in [1.807, 2.05) is 6.07 Å². The standard InChI is InChI=1S/C13H12FN3O2/c1-16-7-13(19)17(8-12(16)18)6-10-4-9(5-15)2-3-11(10)14/h2-4H,6-8H2,1H3. The number of benzene rings is 1. The van der Waals surface area contributed by atoms with Gasteiger partial charge in [0.15, 0.2) is 0 Å². The number of piperazine rings is 1. The Kier molecular flexibility index (Phi) is 3.47. The van der Waals surface area contributed by atoms with E-state index in [4.69, 9.17) is 5.26 Å². The fraction of sp³-hybridized carbons (Fsp3) is 0.308. The fourth-order valence-electron chi connectivity index (χ4n) is 1.88. The van der Waals surface area contributed by atoms with Crippen molar-refractivity contribution in [1.82, 2.24) is 9.80 Å². The zero-order valence-corrected chi connectivity index (χ0v) is 10.4. The number of halogens is 1. The maximum absolute atomic E-state index is 13.6. The van der Waals surface area contributed by atoms with E-state index in [1.165, 1.54) is 28.0 Å². The molecule has 2 rings (SSSR count). The van der Waals surface area contributed by atoms with Crippen molar-refractivity contribution in [3.05, 3.63) is 35.1 Å². The molecule has 0 bridgehead atoms. The maximum Gasteiger partial charge on any atom is 0.242 e. The lowest BCUT2D eigenvalue weighted by Crippen LogP contribution is -2.51. The van der Waals surface area contributed by atoms with Crippen LogP contribution in [-0.4, -0.2) is 41.8 Å². The average Bonchev–Trinajstić information content (AvgIpc) is 2.38. The Hall–Kier alpha value is -2.42. The largest absolute Gasteiger partial charge is 0.335 e. The summed E-state index contributed by atoms with van der Waals surface area (Å²) < 4.78 is 13.6. The van der Waals surface area contributed by atoms with Crippen molar-refractivity contribution in [2.75, 3.05) is 20.1 Å². The lowest BCUT2D eigenvalue weighted by molar-refractivity contribution is -0.149. The topological polar surface area (TPSA) is 64.4 Å². The van der Waals surface area contributed by atoms with Crippen LogP contribution in [0, 0.1) is 17.1 Å². The van der Waals surface area contributed by atoms with Gasteiger partial charge in [0.05, 0.1) is 18.2 Å². The van der Waals surface area contributed by atoms with E-state index in [1.54, 1.807) is 7.05 Å². The Morgan fingerprint density at radius 1 is 1.32 bits per heavy atom. The SMILES string of the molecule is CN1CC(=O)N(Cc2cc(C#N)ccc2F)CC1=O. The molecule has 1 fully saturated rings. The second-order valence-electron chi connectivity index (χ2n) is 4.42. The molecular formula is C13H12FN3O2. The molecule has 6 heteroatoms. The van der Waals surface area contributed by atoms with Crippen molar-refractivity contribution >= 4 is 11.8 Å². The zero-order valence-electron chi connectivity index (χ0n) is 10.4. The van der Waals surface area contributed by atoms with Crippen LogP contribution in [0.15, 0.2) is 18.2 Å². The van der Waals surface area contributed by atoms with Crippen molar-refractivity contribution in [3.63, 3.8) is 0 Å². The van der Waals surface area contributed by atoms with E-state index >= 15 is 0 Å². The Bertz CT molecular complexity index is 580. The average molecular weight is 261 g/mol. The van der Waals surface area contributed by atoms with Gasteiger partial charge < -0.3 is 9.80 Å². The molecule has 0 N–H and O–H groups in total. The minimum absolute atomic E-state index is 0.000231. The van der Waals surface area contributed by atoms with Crippen LogP contribution in [0.5, 0.6) is 0 Å². The maximum atomic E-state index is 13.6. The number of hydrogen-bond donors (Lipinski definition) is 0. The molecule has 19 heavy (non-hydrogen) atoms. The number of likely N-dealkylation sites (N-methyl/N-ethyl adjacent to an activating group) is 1. The highest BCUT2D eigenvalue weighted by Gasteiger charge is 2.27. The first kappa shape index (κ1) is 13.0. The summed E-state index contributed by atoms with van der Waals surface area (Å²) in [6.07, 6.45) is 0. The number of rotatable bonds is 2. The van der Waals surface area contributed by atoms with Gasteiger partial charge in [0, 0.05) is 19.2 Å². The fourth-order valence-corrected chi connectivity index (χ4v) is 1.88. The molecule has 0 saturated carbocycles. The molecular weight excluding hydrogens is 249 g/mol. The van der Waals surface area contributed by atoms with Crippen molar-refractivity contribution in [2.45, 2.75) is 6.54 Å². The summed E-state index contributed by atoms with van der Waals surface area (Å²) in [7, 11) is 1.55. The van der Waals surface area contributed by atoms with Crippen LogP contribution in [0.25, 0.3) is 0 Å². The summed E-state index contributed by atoms with van der Waals surface area (Å²) in [6.45, 7) is -0.0658. The third-order valence-electron chi connectivity index (χ3n) is 3.01. The molecule has 0 radical (unpaired) electrons. The van der Waals surface area contributed by atoms with Crippen molar-refractivity contribution < 1.29 is 14.0 Å². The smallest absolute Gasteiger partial charge is 0.242 e. The van der Waals surface area contributed by atoms with Gasteiger partial charge in [0.2, 0.25) is 11.8 Å². The Balaban J connectivity index is 2.19. The van der Waals surface area contributed by atoms with Crippen LogP contribution < -0.4 is 0 Å². The predicted molar refractivity (Wildman–Crippen MR) is 64.2 cm³/mol. The van der Waals surface area contributed by atoms with Gasteiger partial charge in [-0.05, 0) is 18.2 Å². The van der Waals surface area contributed by atoms with Gasteiger partial charge in [-0.25, -0.2) is 4.39 Å². The number of amides is 2. The summed E-state index contributed by atoms with van der Waals surface area (Å²) >= 11 is 0. The second kappa shape index (κ2) is 5.06. The Labute approximate surface area is 109 Å². The van der Waals surface area contributed by atoms with E-state index in [0.29, 0.717) is 5.56 Å². The predicted octanol–water partition coefficient (Wildman–Crippen LogP) is 0.498. The molecule has 0 unspecified atom stereocenters. The molecule has 1 heterocycles. The molecule has 1 aliphatic heterocycles. The number of carbonyl (C=O) groups is 2. The van der Waals surface area contributed by atoms with E-state index < -0.39 is 5.82 Å². The molecule has 1 aliphatic rings. The highest BCUT2D eigenvalue weighted by atomic mass is 19.1. The third-order valence-corrected chi connectivity index (χ3v) is 3.01. The van der Waals surface area contributed by atoms with E-state index in [9.17, 15) is 14.0 Å². The normalized spacial score (nSPS) is 15.6. The lowest BCUT2D eigenvalue weighted by atomic mass is 10.1. The van der Waals surface area contributed by atoms with E-state index in [2.05, 4.69) is 0 Å². The molecule has 0 atom stereocenters. The summed E-state index contributed by atoms with van der Waals surface area (Å²) in [5, 5.41) is 8.77. The van der Waals surface area contributed by atoms with Gasteiger partial charge in [0.25, 0.3) is 0 Å². The lowest BCUT2D eigenvalue weighted by Gasteiger charge is -2.31. The molecule has 1 aromatic rings. The van der Waals surface area contributed by atoms with Crippen LogP contribution in [0.2, 0.25) is 0 Å². The highest BCUT2D eigenvalue weighted by Crippen LogP contribution is 2.14. The van der Waals surface area contributed by atoms with Gasteiger partial charge in [-0.3, -0.25) is 9.59 Å². The number of carbonyl (C=O) groups excluding carboxylic acids is 2. The minimum atomic E-state index is -0.488. The van der Waals surface area contributed by atoms with Gasteiger partial charge in [-0.15, -0.1) is 0 Å². The molecule has 1 saturated heterocycles. The van der Waals surface area contributed by atoms with Crippen molar-refractivity contribution in [3.8, 4) is 6.07 Å². The molecule has 5 nitrogen and oxygen atoms in total. The van der Waals surface area contributed by atoms with E-state index in [-0.39, 0.29) is 37.0 Å². The molecule has 0 spiro atoms. The van der Waals surface area contributed by atoms with Gasteiger partial charge >= 0.3 is 0 Å². The summed E-state index contributed by atoms with van der Waals surface area (Å²) in [5.74, 6) is -0.904. The Morgan fingerprint density at radius 2 is 2.05 bits per heavy atom. The van der Waals surface area contributed by atoms with Crippen LogP contribution in [-0.2, 0) is 16.1 Å². The van der Waals surface area contributed by atoms with Crippen LogP contribution >= 0.6 is 0 Å². The third kappa shape index (κ3) is 2.71. The zero-order chi connectivity index (χ0) is 14.0. The quantitative estimate of drug-likeness (QED) is 0.778. The van der Waals surface area contributed by atoms with Crippen molar-refractivity contribution in [1.29, 1.82) is 5.26 Å². The summed E-state index contributed by atoms with van der Waals surface area (Å²) in [6, 6.07) is 5.87. The first-order valence-electron chi connectivity index (χ1n) is 5.71. The molecule has 1 aromatic carbocycles. The van der Waals surface area contributed by atoms with Crippen LogP contribution in [0.4, 0.5) is 4.39 Å². The summed E-state index contributed by atoms with van der Waals surface area (Å²) in [5.41, 5.74) is 0.564. The first-order valence-corrected chi connectivity index (χ1v) is 5.71. The van der Waals surface area contributed by atoms with Gasteiger partial charge in [-0.2, -0.15) is 5.26 Å². The van der Waals surface area contributed by atoms with Crippen molar-refractivity contribution in [2.24, 2.45) is 0 Å². The van der Waals surface area contributed by atoms with E-state index in [0.717, 1.165) is 0 Å². The van der Waals surface area contributed by atoms with Gasteiger partial charge in [0.1, 0.15) is 12.4 Å². The molecule has 2 amide bonds. The summed E-state index contributed by atoms with van der Waals surface area (Å²) in [4.78, 5) is 25.9. The van der Waals surface area contributed by atoms with Crippen LogP contribution in [0.3, 0.4) is 0 Å². The molecule has 0 aromatic heterocycles. The second-order valence-corrected chi connectivity index (χ2v) is 4.42. The number of nitrogens with zero attached hydrogens (tertiary/aromatic N) is 3. The first-order chi connectivity index (χ1) is 9.01.